The van der Waals surface area contributed by atoms with Crippen molar-refractivity contribution < 1.29 is 13.9 Å². The van der Waals surface area contributed by atoms with E-state index in [1.165, 1.54) is 5.56 Å². The summed E-state index contributed by atoms with van der Waals surface area (Å²) in [6.07, 6.45) is 9.57. The Balaban J connectivity index is 1.31. The van der Waals surface area contributed by atoms with Crippen LogP contribution < -0.4 is 4.74 Å². The van der Waals surface area contributed by atoms with Crippen LogP contribution in [0.1, 0.15) is 30.6 Å². The zero-order valence-electron chi connectivity index (χ0n) is 17.1. The van der Waals surface area contributed by atoms with E-state index in [2.05, 4.69) is 28.0 Å². The molecule has 0 spiro atoms. The summed E-state index contributed by atoms with van der Waals surface area (Å²) in [5.74, 6) is 2.67. The molecule has 3 heterocycles. The number of carbonyl (C=O) groups is 1. The van der Waals surface area contributed by atoms with E-state index in [1.54, 1.807) is 13.4 Å². The van der Waals surface area contributed by atoms with Gasteiger partial charge in [-0.05, 0) is 61.1 Å². The summed E-state index contributed by atoms with van der Waals surface area (Å²) in [4.78, 5) is 17.3. The number of ether oxygens (including phenoxy) is 1. The van der Waals surface area contributed by atoms with Gasteiger partial charge in [0.1, 0.15) is 11.5 Å². The first-order valence-corrected chi connectivity index (χ1v) is 10.6. The molecular formula is C24H30N2O3. The van der Waals surface area contributed by atoms with Crippen molar-refractivity contribution in [3.05, 3.63) is 60.1 Å². The second kappa shape index (κ2) is 9.31. The zero-order valence-corrected chi connectivity index (χ0v) is 17.1. The number of fused-ring (bicyclic) bond motifs is 1. The quantitative estimate of drug-likeness (QED) is 0.715. The summed E-state index contributed by atoms with van der Waals surface area (Å²) in [6.45, 7) is 3.85. The summed E-state index contributed by atoms with van der Waals surface area (Å²) in [7, 11) is 1.68. The van der Waals surface area contributed by atoms with Gasteiger partial charge in [0, 0.05) is 38.6 Å². The summed E-state index contributed by atoms with van der Waals surface area (Å²) in [5.41, 5.74) is 1.25. The summed E-state index contributed by atoms with van der Waals surface area (Å²) in [6, 6.07) is 12.4. The summed E-state index contributed by atoms with van der Waals surface area (Å²) < 4.78 is 10.6. The van der Waals surface area contributed by atoms with Crippen molar-refractivity contribution in [1.29, 1.82) is 0 Å². The minimum absolute atomic E-state index is 0.325. The number of hydrogen-bond acceptors (Lipinski definition) is 4. The maximum Gasteiger partial charge on any atom is 0.222 e. The number of likely N-dealkylation sites (tertiary alicyclic amines) is 2. The monoisotopic (exact) mass is 394 g/mol. The molecule has 0 bridgehead atoms. The highest BCUT2D eigenvalue weighted by atomic mass is 16.5. The van der Waals surface area contributed by atoms with Crippen molar-refractivity contribution in [1.82, 2.24) is 9.80 Å². The molecule has 2 saturated heterocycles. The highest BCUT2D eigenvalue weighted by Crippen LogP contribution is 2.31. The van der Waals surface area contributed by atoms with E-state index in [-0.39, 0.29) is 0 Å². The molecule has 29 heavy (non-hydrogen) atoms. The highest BCUT2D eigenvalue weighted by Gasteiger charge is 2.38. The number of furan rings is 1. The molecule has 1 amide bonds. The van der Waals surface area contributed by atoms with Crippen LogP contribution in [0.15, 0.2) is 53.2 Å². The second-order valence-electron chi connectivity index (χ2n) is 8.02. The Labute approximate surface area is 172 Å². The molecule has 2 fully saturated rings. The lowest BCUT2D eigenvalue weighted by atomic mass is 9.83. The van der Waals surface area contributed by atoms with E-state index in [0.29, 0.717) is 24.3 Å². The predicted molar refractivity (Wildman–Crippen MR) is 114 cm³/mol. The number of piperidine rings is 2. The normalized spacial score (nSPS) is 22.8. The van der Waals surface area contributed by atoms with Crippen LogP contribution in [0.2, 0.25) is 0 Å². The average Bonchev–Trinajstić information content (AvgIpc) is 3.27. The first-order valence-electron chi connectivity index (χ1n) is 10.6. The highest BCUT2D eigenvalue weighted by molar-refractivity contribution is 5.77. The van der Waals surface area contributed by atoms with Crippen LogP contribution in [-0.2, 0) is 11.2 Å². The molecular weight excluding hydrogens is 364 g/mol. The molecule has 1 aromatic heterocycles. The molecule has 2 aliphatic heterocycles. The topological polar surface area (TPSA) is 45.9 Å². The largest absolute Gasteiger partial charge is 0.497 e. The molecule has 4 rings (SSSR count). The molecule has 154 valence electrons. The van der Waals surface area contributed by atoms with Crippen LogP contribution in [0.5, 0.6) is 5.75 Å². The van der Waals surface area contributed by atoms with Gasteiger partial charge < -0.3 is 14.1 Å². The van der Waals surface area contributed by atoms with E-state index >= 15 is 0 Å². The van der Waals surface area contributed by atoms with Crippen LogP contribution in [0.4, 0.5) is 0 Å². The first kappa shape index (κ1) is 19.8. The number of benzene rings is 1. The van der Waals surface area contributed by atoms with Crippen LogP contribution >= 0.6 is 0 Å². The fourth-order valence-electron chi connectivity index (χ4n) is 4.63. The predicted octanol–water partition coefficient (Wildman–Crippen LogP) is 3.86. The van der Waals surface area contributed by atoms with Gasteiger partial charge in [-0.3, -0.25) is 9.69 Å². The number of methoxy groups -OCH3 is 1. The van der Waals surface area contributed by atoms with Gasteiger partial charge >= 0.3 is 0 Å². The van der Waals surface area contributed by atoms with E-state index in [4.69, 9.17) is 9.15 Å². The summed E-state index contributed by atoms with van der Waals surface area (Å²) in [5, 5.41) is 0. The lowest BCUT2D eigenvalue weighted by Gasteiger charge is -2.47. The molecule has 0 aliphatic carbocycles. The molecule has 5 heteroatoms. The lowest BCUT2D eigenvalue weighted by Crippen LogP contribution is -2.56. The molecule has 2 aliphatic rings. The maximum atomic E-state index is 12.6. The number of amides is 1. The third-order valence-corrected chi connectivity index (χ3v) is 6.22. The second-order valence-corrected chi connectivity index (χ2v) is 8.02. The lowest BCUT2D eigenvalue weighted by molar-refractivity contribution is -0.140. The van der Waals surface area contributed by atoms with Gasteiger partial charge in [0.05, 0.1) is 13.4 Å². The number of rotatable bonds is 7. The van der Waals surface area contributed by atoms with Gasteiger partial charge in [-0.15, -0.1) is 0 Å². The fraction of sp³-hybridized carbons (Fsp3) is 0.458. The molecule has 0 saturated carbocycles. The van der Waals surface area contributed by atoms with Crippen LogP contribution in [-0.4, -0.2) is 55.0 Å². The van der Waals surface area contributed by atoms with Crippen molar-refractivity contribution in [2.45, 2.75) is 31.7 Å². The molecule has 2 atom stereocenters. The van der Waals surface area contributed by atoms with Gasteiger partial charge in [0.25, 0.3) is 0 Å². The van der Waals surface area contributed by atoms with Crippen LogP contribution in [0.3, 0.4) is 0 Å². The van der Waals surface area contributed by atoms with Crippen molar-refractivity contribution in [2.75, 3.05) is 33.3 Å². The summed E-state index contributed by atoms with van der Waals surface area (Å²) >= 11 is 0. The van der Waals surface area contributed by atoms with Crippen molar-refractivity contribution >= 4 is 12.0 Å². The average molecular weight is 395 g/mol. The number of carbonyl (C=O) groups excluding carboxylic acids is 1. The Bertz CT molecular complexity index is 813. The third-order valence-electron chi connectivity index (χ3n) is 6.22. The molecule has 0 N–H and O–H groups in total. The van der Waals surface area contributed by atoms with Gasteiger partial charge in [0.15, 0.2) is 0 Å². The van der Waals surface area contributed by atoms with Crippen molar-refractivity contribution in [3.63, 3.8) is 0 Å². The van der Waals surface area contributed by atoms with Gasteiger partial charge in [0.2, 0.25) is 5.91 Å². The van der Waals surface area contributed by atoms with Crippen molar-refractivity contribution in [2.24, 2.45) is 5.92 Å². The minimum atomic E-state index is 0.325. The smallest absolute Gasteiger partial charge is 0.222 e. The zero-order chi connectivity index (χ0) is 20.1. The van der Waals surface area contributed by atoms with Gasteiger partial charge in [-0.25, -0.2) is 0 Å². The third kappa shape index (κ3) is 4.91. The molecule has 0 radical (unpaired) electrons. The molecule has 0 unspecified atom stereocenters. The maximum absolute atomic E-state index is 12.6. The van der Waals surface area contributed by atoms with Gasteiger partial charge in [-0.1, -0.05) is 18.2 Å². The van der Waals surface area contributed by atoms with Gasteiger partial charge in [-0.2, -0.15) is 0 Å². The Morgan fingerprint density at radius 3 is 2.83 bits per heavy atom. The van der Waals surface area contributed by atoms with Crippen LogP contribution in [0.25, 0.3) is 6.08 Å². The van der Waals surface area contributed by atoms with Crippen molar-refractivity contribution in [3.8, 4) is 5.75 Å². The SMILES string of the molecule is COc1ccc(CCN2C(=O)CC[C@@H]3CN(CC=Cc4ccco4)CC[C@@H]32)cc1. The molecule has 2 aromatic rings. The Morgan fingerprint density at radius 1 is 1.21 bits per heavy atom. The number of nitrogens with zero attached hydrogens (tertiary/aromatic N) is 2. The minimum Gasteiger partial charge on any atom is -0.497 e. The van der Waals surface area contributed by atoms with E-state index in [9.17, 15) is 4.79 Å². The molecule has 5 nitrogen and oxygen atoms in total. The molecule has 1 aromatic carbocycles. The van der Waals surface area contributed by atoms with E-state index in [1.807, 2.05) is 30.3 Å². The van der Waals surface area contributed by atoms with E-state index < -0.39 is 0 Å². The van der Waals surface area contributed by atoms with Crippen LogP contribution in [0, 0.1) is 5.92 Å². The Kier molecular flexibility index (Phi) is 6.35. The Morgan fingerprint density at radius 2 is 2.07 bits per heavy atom. The standard InChI is InChI=1S/C24H30N2O3/c1-28-21-9-6-19(7-10-21)12-16-26-23-13-15-25(18-20(23)8-11-24(26)27)14-2-4-22-5-3-17-29-22/h2-7,9-10,17,20,23H,8,11-16,18H2,1H3/t20-,23+/m1/s1. The Hall–Kier alpha value is -2.53. The fourth-order valence-corrected chi connectivity index (χ4v) is 4.63. The first-order chi connectivity index (χ1) is 14.2. The number of hydrogen-bond donors (Lipinski definition) is 0. The van der Waals surface area contributed by atoms with E-state index in [0.717, 1.165) is 57.0 Å².